The number of aromatic nitrogens is 1. The minimum Gasteiger partial charge on any atom is -0.392 e. The second-order valence-corrected chi connectivity index (χ2v) is 4.85. The van der Waals surface area contributed by atoms with Crippen molar-refractivity contribution in [3.05, 3.63) is 69.6 Å². The Morgan fingerprint density at radius 2 is 1.81 bits per heavy atom. The summed E-state index contributed by atoms with van der Waals surface area (Å²) in [5, 5.41) is 11.8. The summed E-state index contributed by atoms with van der Waals surface area (Å²) in [6, 6.07) is 10.5. The summed E-state index contributed by atoms with van der Waals surface area (Å²) >= 11 is 0. The molecule has 2 aromatic rings. The first-order valence-electron chi connectivity index (χ1n) is 6.73. The molecule has 2 N–H and O–H groups in total. The van der Waals surface area contributed by atoms with Crippen LogP contribution in [0, 0.1) is 0 Å². The fraction of sp³-hybridized carbons (Fsp3) is 0.250. The van der Waals surface area contributed by atoms with Crippen LogP contribution >= 0.6 is 0 Å². The van der Waals surface area contributed by atoms with Crippen molar-refractivity contribution in [1.29, 1.82) is 0 Å². The summed E-state index contributed by atoms with van der Waals surface area (Å²) in [5.74, 6) is -0.197. The van der Waals surface area contributed by atoms with E-state index in [1.807, 2.05) is 24.3 Å². The SMILES string of the molecule is Cn1cc(C(=O)NCCc2ccc(CO)cc2)ccc1=O. The predicted octanol–water partition coefficient (Wildman–Crippen LogP) is 0.850. The van der Waals surface area contributed by atoms with E-state index in [1.165, 1.54) is 22.9 Å². The molecule has 0 saturated heterocycles. The van der Waals surface area contributed by atoms with E-state index >= 15 is 0 Å². The molecule has 5 heteroatoms. The van der Waals surface area contributed by atoms with Crippen molar-refractivity contribution in [2.75, 3.05) is 6.54 Å². The lowest BCUT2D eigenvalue weighted by Crippen LogP contribution is -2.27. The molecule has 1 amide bonds. The van der Waals surface area contributed by atoms with Crippen molar-refractivity contribution in [2.45, 2.75) is 13.0 Å². The molecule has 110 valence electrons. The number of benzene rings is 1. The number of rotatable bonds is 5. The highest BCUT2D eigenvalue weighted by atomic mass is 16.3. The number of pyridine rings is 1. The Labute approximate surface area is 122 Å². The molecule has 1 heterocycles. The molecular weight excluding hydrogens is 268 g/mol. The van der Waals surface area contributed by atoms with E-state index in [0.29, 0.717) is 18.5 Å². The van der Waals surface area contributed by atoms with Gasteiger partial charge in [-0.1, -0.05) is 24.3 Å². The van der Waals surface area contributed by atoms with Crippen LogP contribution in [0.3, 0.4) is 0 Å². The molecule has 21 heavy (non-hydrogen) atoms. The second kappa shape index (κ2) is 6.85. The van der Waals surface area contributed by atoms with E-state index < -0.39 is 0 Å². The second-order valence-electron chi connectivity index (χ2n) is 4.85. The normalized spacial score (nSPS) is 10.4. The molecule has 0 fully saturated rings. The number of aliphatic hydroxyl groups excluding tert-OH is 1. The van der Waals surface area contributed by atoms with Gasteiger partial charge >= 0.3 is 0 Å². The highest BCUT2D eigenvalue weighted by Gasteiger charge is 2.05. The minimum absolute atomic E-state index is 0.0315. The Balaban J connectivity index is 1.88. The number of hydrogen-bond donors (Lipinski definition) is 2. The van der Waals surface area contributed by atoms with Crippen molar-refractivity contribution in [1.82, 2.24) is 9.88 Å². The van der Waals surface area contributed by atoms with Gasteiger partial charge in [-0.3, -0.25) is 9.59 Å². The molecule has 1 aromatic heterocycles. The van der Waals surface area contributed by atoms with Gasteiger partial charge in [0.25, 0.3) is 5.91 Å². The summed E-state index contributed by atoms with van der Waals surface area (Å²) in [5.41, 5.74) is 2.28. The number of carbonyl (C=O) groups is 1. The van der Waals surface area contributed by atoms with E-state index in [4.69, 9.17) is 5.11 Å². The highest BCUT2D eigenvalue weighted by Crippen LogP contribution is 2.04. The van der Waals surface area contributed by atoms with Gasteiger partial charge < -0.3 is 15.0 Å². The third-order valence-electron chi connectivity index (χ3n) is 3.25. The zero-order valence-corrected chi connectivity index (χ0v) is 11.9. The van der Waals surface area contributed by atoms with Crippen molar-refractivity contribution < 1.29 is 9.90 Å². The summed E-state index contributed by atoms with van der Waals surface area (Å²) < 4.78 is 1.38. The van der Waals surface area contributed by atoms with Crippen LogP contribution in [0.25, 0.3) is 0 Å². The maximum Gasteiger partial charge on any atom is 0.252 e. The lowest BCUT2D eigenvalue weighted by molar-refractivity contribution is 0.0953. The van der Waals surface area contributed by atoms with Gasteiger partial charge in [-0.15, -0.1) is 0 Å². The van der Waals surface area contributed by atoms with E-state index in [2.05, 4.69) is 5.32 Å². The van der Waals surface area contributed by atoms with E-state index in [0.717, 1.165) is 11.1 Å². The molecular formula is C16H18N2O3. The number of hydrogen-bond acceptors (Lipinski definition) is 3. The first-order valence-corrected chi connectivity index (χ1v) is 6.73. The lowest BCUT2D eigenvalue weighted by atomic mass is 10.1. The molecule has 0 unspecified atom stereocenters. The fourth-order valence-electron chi connectivity index (χ4n) is 1.96. The molecule has 0 aliphatic heterocycles. The van der Waals surface area contributed by atoms with Crippen LogP contribution in [-0.4, -0.2) is 22.1 Å². The van der Waals surface area contributed by atoms with Gasteiger partial charge in [-0.05, 0) is 23.6 Å². The van der Waals surface area contributed by atoms with E-state index in [1.54, 1.807) is 7.05 Å². The Bertz CT molecular complexity index is 675. The van der Waals surface area contributed by atoms with Gasteiger partial charge in [0.2, 0.25) is 5.56 Å². The quantitative estimate of drug-likeness (QED) is 0.856. The number of amides is 1. The molecule has 0 bridgehead atoms. The van der Waals surface area contributed by atoms with Crippen LogP contribution in [-0.2, 0) is 20.1 Å². The van der Waals surface area contributed by atoms with Gasteiger partial charge in [0.05, 0.1) is 12.2 Å². The molecule has 1 aromatic carbocycles. The van der Waals surface area contributed by atoms with Crippen LogP contribution in [0.4, 0.5) is 0 Å². The average Bonchev–Trinajstić information content (AvgIpc) is 2.50. The summed E-state index contributed by atoms with van der Waals surface area (Å²) in [7, 11) is 1.61. The zero-order valence-electron chi connectivity index (χ0n) is 11.9. The smallest absolute Gasteiger partial charge is 0.252 e. The third kappa shape index (κ3) is 4.03. The number of aryl methyl sites for hydroxylation is 1. The van der Waals surface area contributed by atoms with Crippen molar-refractivity contribution >= 4 is 5.91 Å². The van der Waals surface area contributed by atoms with Crippen LogP contribution < -0.4 is 10.9 Å². The van der Waals surface area contributed by atoms with Crippen LogP contribution in [0.5, 0.6) is 0 Å². The van der Waals surface area contributed by atoms with Gasteiger partial charge in [-0.2, -0.15) is 0 Å². The monoisotopic (exact) mass is 286 g/mol. The van der Waals surface area contributed by atoms with Crippen LogP contribution in [0.15, 0.2) is 47.4 Å². The molecule has 0 atom stereocenters. The molecule has 0 aliphatic carbocycles. The van der Waals surface area contributed by atoms with Crippen LogP contribution in [0.2, 0.25) is 0 Å². The van der Waals surface area contributed by atoms with Gasteiger partial charge in [0, 0.05) is 25.9 Å². The van der Waals surface area contributed by atoms with Crippen molar-refractivity contribution in [3.63, 3.8) is 0 Å². The number of nitrogens with one attached hydrogen (secondary N) is 1. The lowest BCUT2D eigenvalue weighted by Gasteiger charge is -2.07. The van der Waals surface area contributed by atoms with E-state index in [9.17, 15) is 9.59 Å². The molecule has 0 radical (unpaired) electrons. The average molecular weight is 286 g/mol. The largest absolute Gasteiger partial charge is 0.392 e. The highest BCUT2D eigenvalue weighted by molar-refractivity contribution is 5.93. The minimum atomic E-state index is -0.197. The maximum absolute atomic E-state index is 11.9. The first-order chi connectivity index (χ1) is 10.1. The Morgan fingerprint density at radius 3 is 2.43 bits per heavy atom. The first kappa shape index (κ1) is 15.0. The van der Waals surface area contributed by atoms with Gasteiger partial charge in [-0.25, -0.2) is 0 Å². The molecule has 0 aliphatic rings. The van der Waals surface area contributed by atoms with Gasteiger partial charge in [0.1, 0.15) is 0 Å². The maximum atomic E-state index is 11.9. The molecule has 0 saturated carbocycles. The number of carbonyl (C=O) groups excluding carboxylic acids is 1. The zero-order chi connectivity index (χ0) is 15.2. The summed E-state index contributed by atoms with van der Waals surface area (Å²) in [6.45, 7) is 0.546. The van der Waals surface area contributed by atoms with Crippen molar-refractivity contribution in [2.24, 2.45) is 7.05 Å². The molecule has 2 rings (SSSR count). The molecule has 5 nitrogen and oxygen atoms in total. The van der Waals surface area contributed by atoms with Crippen molar-refractivity contribution in [3.8, 4) is 0 Å². The number of aliphatic hydroxyl groups is 1. The third-order valence-corrected chi connectivity index (χ3v) is 3.25. The summed E-state index contributed by atoms with van der Waals surface area (Å²) in [6.07, 6.45) is 2.23. The van der Waals surface area contributed by atoms with Gasteiger partial charge in [0.15, 0.2) is 0 Å². The number of nitrogens with zero attached hydrogens (tertiary/aromatic N) is 1. The van der Waals surface area contributed by atoms with Crippen LogP contribution in [0.1, 0.15) is 21.5 Å². The topological polar surface area (TPSA) is 71.3 Å². The Kier molecular flexibility index (Phi) is 4.90. The van der Waals surface area contributed by atoms with E-state index in [-0.39, 0.29) is 18.1 Å². The standard InChI is InChI=1S/C16H18N2O3/c1-18-10-14(6-7-15(18)20)16(21)17-9-8-12-2-4-13(11-19)5-3-12/h2-7,10,19H,8-9,11H2,1H3,(H,17,21). The fourth-order valence-corrected chi connectivity index (χ4v) is 1.96. The summed E-state index contributed by atoms with van der Waals surface area (Å²) in [4.78, 5) is 23.2. The molecule has 0 spiro atoms. The predicted molar refractivity (Wildman–Crippen MR) is 80.1 cm³/mol. The Hall–Kier alpha value is -2.40. The Morgan fingerprint density at radius 1 is 1.14 bits per heavy atom.